The van der Waals surface area contributed by atoms with E-state index in [0.717, 1.165) is 11.4 Å². The Morgan fingerprint density at radius 1 is 1.15 bits per heavy atom. The standard InChI is InChI=1S/C22H24N4O/c1-16-12-19(25(2)24-16)13-23-22(27)26-14-18-10-6-7-11-20(18)21(15-26)17-8-4-3-5-9-17/h3-12,21H,13-15H2,1-2H3,(H,23,27). The Morgan fingerprint density at radius 2 is 1.89 bits per heavy atom. The van der Waals surface area contributed by atoms with Gasteiger partial charge >= 0.3 is 6.03 Å². The first-order valence-electron chi connectivity index (χ1n) is 9.27. The topological polar surface area (TPSA) is 50.2 Å². The predicted octanol–water partition coefficient (Wildman–Crippen LogP) is 3.59. The van der Waals surface area contributed by atoms with Gasteiger partial charge in [-0.25, -0.2) is 4.79 Å². The van der Waals surface area contributed by atoms with Crippen LogP contribution in [-0.2, 0) is 20.1 Å². The minimum Gasteiger partial charge on any atom is -0.332 e. The fourth-order valence-electron chi connectivity index (χ4n) is 3.84. The first-order valence-corrected chi connectivity index (χ1v) is 9.27. The van der Waals surface area contributed by atoms with Gasteiger partial charge in [0.25, 0.3) is 0 Å². The third-order valence-corrected chi connectivity index (χ3v) is 5.20. The second-order valence-electron chi connectivity index (χ2n) is 7.10. The van der Waals surface area contributed by atoms with Gasteiger partial charge in [-0.15, -0.1) is 0 Å². The maximum absolute atomic E-state index is 12.9. The van der Waals surface area contributed by atoms with Gasteiger partial charge in [0.1, 0.15) is 0 Å². The molecule has 2 aromatic carbocycles. The molecule has 27 heavy (non-hydrogen) atoms. The van der Waals surface area contributed by atoms with Crippen molar-refractivity contribution in [3.05, 3.63) is 88.7 Å². The first kappa shape index (κ1) is 17.3. The number of carbonyl (C=O) groups is 1. The molecule has 1 atom stereocenters. The van der Waals surface area contributed by atoms with Crippen LogP contribution in [0, 0.1) is 6.92 Å². The number of fused-ring (bicyclic) bond motifs is 1. The summed E-state index contributed by atoms with van der Waals surface area (Å²) in [4.78, 5) is 14.8. The summed E-state index contributed by atoms with van der Waals surface area (Å²) in [6.45, 7) is 3.74. The molecule has 0 fully saturated rings. The molecular weight excluding hydrogens is 336 g/mol. The van der Waals surface area contributed by atoms with Crippen LogP contribution in [0.2, 0.25) is 0 Å². The highest BCUT2D eigenvalue weighted by Gasteiger charge is 2.28. The minimum atomic E-state index is -0.0377. The van der Waals surface area contributed by atoms with E-state index in [0.29, 0.717) is 19.6 Å². The van der Waals surface area contributed by atoms with E-state index in [-0.39, 0.29) is 11.9 Å². The summed E-state index contributed by atoms with van der Waals surface area (Å²) < 4.78 is 1.81. The van der Waals surface area contributed by atoms with Crippen molar-refractivity contribution < 1.29 is 4.79 Å². The number of aromatic nitrogens is 2. The number of benzene rings is 2. The van der Waals surface area contributed by atoms with Crippen molar-refractivity contribution in [2.45, 2.75) is 25.9 Å². The number of urea groups is 1. The summed E-state index contributed by atoms with van der Waals surface area (Å²) >= 11 is 0. The van der Waals surface area contributed by atoms with Gasteiger partial charge in [0, 0.05) is 26.1 Å². The van der Waals surface area contributed by atoms with Gasteiger partial charge in [0.15, 0.2) is 0 Å². The molecule has 0 radical (unpaired) electrons. The van der Waals surface area contributed by atoms with E-state index in [1.165, 1.54) is 16.7 Å². The Hall–Kier alpha value is -3.08. The number of rotatable bonds is 3. The zero-order valence-electron chi connectivity index (χ0n) is 15.7. The third kappa shape index (κ3) is 3.58. The van der Waals surface area contributed by atoms with Gasteiger partial charge in [-0.05, 0) is 29.7 Å². The molecule has 4 rings (SSSR count). The van der Waals surface area contributed by atoms with Crippen LogP contribution in [0.3, 0.4) is 0 Å². The van der Waals surface area contributed by atoms with Crippen LogP contribution in [0.15, 0.2) is 60.7 Å². The summed E-state index contributed by atoms with van der Waals surface area (Å²) in [7, 11) is 1.90. The van der Waals surface area contributed by atoms with E-state index in [2.05, 4.69) is 52.9 Å². The van der Waals surface area contributed by atoms with Gasteiger partial charge in [-0.1, -0.05) is 54.6 Å². The SMILES string of the molecule is Cc1cc(CNC(=O)N2Cc3ccccc3C(c3ccccc3)C2)n(C)n1. The fourth-order valence-corrected chi connectivity index (χ4v) is 3.84. The van der Waals surface area contributed by atoms with E-state index in [1.54, 1.807) is 0 Å². The lowest BCUT2D eigenvalue weighted by atomic mass is 9.85. The molecule has 0 saturated heterocycles. The molecular formula is C22H24N4O. The lowest BCUT2D eigenvalue weighted by Crippen LogP contribution is -2.44. The Labute approximate surface area is 159 Å². The van der Waals surface area contributed by atoms with Gasteiger partial charge in [-0.3, -0.25) is 4.68 Å². The van der Waals surface area contributed by atoms with Gasteiger partial charge in [0.2, 0.25) is 0 Å². The summed E-state index contributed by atoms with van der Waals surface area (Å²) in [5.41, 5.74) is 5.72. The largest absolute Gasteiger partial charge is 0.332 e. The average Bonchev–Trinajstić information content (AvgIpc) is 3.03. The molecule has 0 saturated carbocycles. The zero-order chi connectivity index (χ0) is 18.8. The molecule has 1 unspecified atom stereocenters. The lowest BCUT2D eigenvalue weighted by molar-refractivity contribution is 0.188. The van der Waals surface area contributed by atoms with Crippen molar-refractivity contribution >= 4 is 6.03 Å². The van der Waals surface area contributed by atoms with Crippen LogP contribution in [0.4, 0.5) is 4.79 Å². The predicted molar refractivity (Wildman–Crippen MR) is 105 cm³/mol. The number of hydrogen-bond acceptors (Lipinski definition) is 2. The van der Waals surface area contributed by atoms with Gasteiger partial charge in [-0.2, -0.15) is 5.10 Å². The number of nitrogens with one attached hydrogen (secondary N) is 1. The van der Waals surface area contributed by atoms with Crippen molar-refractivity contribution in [3.63, 3.8) is 0 Å². The summed E-state index contributed by atoms with van der Waals surface area (Å²) in [6, 6.07) is 20.8. The average molecular weight is 360 g/mol. The van der Waals surface area contributed by atoms with Crippen LogP contribution in [0.5, 0.6) is 0 Å². The Balaban J connectivity index is 1.54. The Kier molecular flexibility index (Phi) is 4.67. The van der Waals surface area contributed by atoms with Crippen molar-refractivity contribution in [1.29, 1.82) is 0 Å². The van der Waals surface area contributed by atoms with E-state index in [9.17, 15) is 4.79 Å². The fraction of sp³-hybridized carbons (Fsp3) is 0.273. The summed E-state index contributed by atoms with van der Waals surface area (Å²) in [5.74, 6) is 0.195. The second-order valence-corrected chi connectivity index (χ2v) is 7.10. The first-order chi connectivity index (χ1) is 13.1. The number of hydrogen-bond donors (Lipinski definition) is 1. The molecule has 0 aliphatic carbocycles. The molecule has 0 spiro atoms. The van der Waals surface area contributed by atoms with E-state index < -0.39 is 0 Å². The monoisotopic (exact) mass is 360 g/mol. The highest BCUT2D eigenvalue weighted by Crippen LogP contribution is 2.33. The molecule has 2 amide bonds. The molecule has 138 valence electrons. The third-order valence-electron chi connectivity index (χ3n) is 5.20. The smallest absolute Gasteiger partial charge is 0.318 e. The normalized spacial score (nSPS) is 16.1. The minimum absolute atomic E-state index is 0.0377. The highest BCUT2D eigenvalue weighted by molar-refractivity contribution is 5.75. The molecule has 1 N–H and O–H groups in total. The molecule has 1 aliphatic rings. The van der Waals surface area contributed by atoms with Crippen LogP contribution < -0.4 is 5.32 Å². The van der Waals surface area contributed by atoms with Crippen LogP contribution in [0.25, 0.3) is 0 Å². The maximum Gasteiger partial charge on any atom is 0.318 e. The Bertz CT molecular complexity index is 948. The molecule has 3 aromatic rings. The van der Waals surface area contributed by atoms with E-state index in [1.807, 2.05) is 41.8 Å². The molecule has 1 aromatic heterocycles. The number of carbonyl (C=O) groups excluding carboxylic acids is 1. The lowest BCUT2D eigenvalue weighted by Gasteiger charge is -2.35. The summed E-state index contributed by atoms with van der Waals surface area (Å²) in [5, 5.41) is 7.39. The number of aryl methyl sites for hydroxylation is 2. The molecule has 1 aliphatic heterocycles. The van der Waals surface area contributed by atoms with Crippen LogP contribution >= 0.6 is 0 Å². The number of amides is 2. The molecule has 5 heteroatoms. The highest BCUT2D eigenvalue weighted by atomic mass is 16.2. The van der Waals surface area contributed by atoms with Crippen LogP contribution in [-0.4, -0.2) is 27.3 Å². The molecule has 2 heterocycles. The Morgan fingerprint density at radius 3 is 2.63 bits per heavy atom. The van der Waals surface area contributed by atoms with Crippen molar-refractivity contribution in [2.75, 3.05) is 6.54 Å². The van der Waals surface area contributed by atoms with Crippen LogP contribution in [0.1, 0.15) is 34.0 Å². The molecule has 5 nitrogen and oxygen atoms in total. The van der Waals surface area contributed by atoms with Gasteiger partial charge in [0.05, 0.1) is 17.9 Å². The van der Waals surface area contributed by atoms with E-state index >= 15 is 0 Å². The quantitative estimate of drug-likeness (QED) is 0.776. The van der Waals surface area contributed by atoms with Crippen molar-refractivity contribution in [3.8, 4) is 0 Å². The number of nitrogens with zero attached hydrogens (tertiary/aromatic N) is 3. The second kappa shape index (κ2) is 7.27. The maximum atomic E-state index is 12.9. The molecule has 0 bridgehead atoms. The van der Waals surface area contributed by atoms with Gasteiger partial charge < -0.3 is 10.2 Å². The zero-order valence-corrected chi connectivity index (χ0v) is 15.7. The van der Waals surface area contributed by atoms with E-state index in [4.69, 9.17) is 0 Å². The summed E-state index contributed by atoms with van der Waals surface area (Å²) in [6.07, 6.45) is 0. The van der Waals surface area contributed by atoms with Crippen molar-refractivity contribution in [1.82, 2.24) is 20.0 Å². The van der Waals surface area contributed by atoms with Crippen molar-refractivity contribution in [2.24, 2.45) is 7.05 Å².